The van der Waals surface area contributed by atoms with Crippen LogP contribution in [0.2, 0.25) is 0 Å². The third-order valence-electron chi connectivity index (χ3n) is 12.7. The summed E-state index contributed by atoms with van der Waals surface area (Å²) in [4.78, 5) is 40.6. The fourth-order valence-corrected chi connectivity index (χ4v) is 8.64. The monoisotopic (exact) mass is 833 g/mol. The highest BCUT2D eigenvalue weighted by atomic mass is 16.4. The Kier molecular flexibility index (Phi) is 46.2. The quantitative estimate of drug-likeness (QED) is 0.0598. The van der Waals surface area contributed by atoms with Crippen LogP contribution in [0.1, 0.15) is 303 Å². The molecule has 0 aliphatic carbocycles. The van der Waals surface area contributed by atoms with Crippen LogP contribution in [-0.4, -0.2) is 46.9 Å². The molecule has 0 saturated carbocycles. The molecule has 1 unspecified atom stereocenters. The zero-order valence-electron chi connectivity index (χ0n) is 40.2. The molecule has 350 valence electrons. The molecule has 2 amide bonds. The number of nitrogens with one attached hydrogen (secondary N) is 1. The number of carboxylic acids is 1. The van der Waals surface area contributed by atoms with Crippen molar-refractivity contribution < 1.29 is 19.5 Å². The average Bonchev–Trinajstić information content (AvgIpc) is 3.23. The third kappa shape index (κ3) is 42.9. The van der Waals surface area contributed by atoms with Crippen LogP contribution in [0.15, 0.2) is 0 Å². The van der Waals surface area contributed by atoms with Crippen molar-refractivity contribution in [2.24, 2.45) is 0 Å². The predicted molar refractivity (Wildman–Crippen MR) is 256 cm³/mol. The maximum absolute atomic E-state index is 14.0. The van der Waals surface area contributed by atoms with Crippen LogP contribution in [0.5, 0.6) is 0 Å². The van der Waals surface area contributed by atoms with Gasteiger partial charge in [-0.25, -0.2) is 0 Å². The molecule has 6 heteroatoms. The first-order valence-corrected chi connectivity index (χ1v) is 26.8. The molecular formula is C53H104N2O4. The summed E-state index contributed by atoms with van der Waals surface area (Å²) in [6, 6.07) is -0.751. The minimum absolute atomic E-state index is 0.0754. The molecular weight excluding hydrogens is 729 g/mol. The number of rotatable bonds is 49. The van der Waals surface area contributed by atoms with Gasteiger partial charge >= 0.3 is 5.97 Å². The molecule has 0 aliphatic heterocycles. The summed E-state index contributed by atoms with van der Waals surface area (Å²) in [6.07, 6.45) is 53.4. The highest BCUT2D eigenvalue weighted by Gasteiger charge is 2.26. The van der Waals surface area contributed by atoms with E-state index >= 15 is 0 Å². The van der Waals surface area contributed by atoms with Gasteiger partial charge in [0.2, 0.25) is 11.8 Å². The van der Waals surface area contributed by atoms with Gasteiger partial charge in [-0.05, 0) is 25.7 Å². The molecule has 0 fully saturated rings. The van der Waals surface area contributed by atoms with Gasteiger partial charge in [0.1, 0.15) is 6.04 Å². The molecule has 0 rings (SSSR count). The molecule has 1 atom stereocenters. The van der Waals surface area contributed by atoms with Gasteiger partial charge in [0.15, 0.2) is 0 Å². The molecule has 0 aliphatic rings. The summed E-state index contributed by atoms with van der Waals surface area (Å²) < 4.78 is 0. The molecule has 0 spiro atoms. The van der Waals surface area contributed by atoms with Crippen LogP contribution in [0.4, 0.5) is 0 Å². The number of hydrogen-bond donors (Lipinski definition) is 2. The Morgan fingerprint density at radius 3 is 0.898 bits per heavy atom. The lowest BCUT2D eigenvalue weighted by Crippen LogP contribution is -2.49. The molecule has 2 N–H and O–H groups in total. The van der Waals surface area contributed by atoms with Crippen molar-refractivity contribution >= 4 is 17.8 Å². The van der Waals surface area contributed by atoms with Gasteiger partial charge in [-0.1, -0.05) is 265 Å². The fourth-order valence-electron chi connectivity index (χ4n) is 8.64. The maximum atomic E-state index is 14.0. The standard InChI is InChI=1S/C53H104N2O4/c1-4-7-10-13-16-19-21-23-25-27-29-31-34-37-40-43-48-55(49-44-41-38-35-32-30-28-26-24-22-20-17-14-11-8-5-2)53(59)50(46-47-52(57)58)54-51(56)45-42-39-36-33-18-15-12-9-6-3/h50H,4-49H2,1-3H3,(H,54,56)(H,57,58). The molecule has 0 aromatic rings. The predicted octanol–water partition coefficient (Wildman–Crippen LogP) is 16.6. The van der Waals surface area contributed by atoms with Gasteiger partial charge in [-0.3, -0.25) is 14.4 Å². The Labute approximate surface area is 368 Å². The van der Waals surface area contributed by atoms with E-state index < -0.39 is 12.0 Å². The van der Waals surface area contributed by atoms with Crippen molar-refractivity contribution in [3.8, 4) is 0 Å². The number of carboxylic acid groups (broad SMARTS) is 1. The molecule has 0 aromatic carbocycles. The molecule has 6 nitrogen and oxygen atoms in total. The van der Waals surface area contributed by atoms with E-state index in [2.05, 4.69) is 26.1 Å². The van der Waals surface area contributed by atoms with Crippen molar-refractivity contribution in [3.05, 3.63) is 0 Å². The summed E-state index contributed by atoms with van der Waals surface area (Å²) in [5.74, 6) is -1.10. The number of aliphatic carboxylic acids is 1. The van der Waals surface area contributed by atoms with Crippen molar-refractivity contribution in [1.82, 2.24) is 10.2 Å². The summed E-state index contributed by atoms with van der Waals surface area (Å²) in [5, 5.41) is 12.5. The number of unbranched alkanes of at least 4 members (excludes halogenated alkanes) is 38. The lowest BCUT2D eigenvalue weighted by molar-refractivity contribution is -0.139. The smallest absolute Gasteiger partial charge is 0.303 e. The third-order valence-corrected chi connectivity index (χ3v) is 12.7. The van der Waals surface area contributed by atoms with E-state index in [0.29, 0.717) is 19.5 Å². The van der Waals surface area contributed by atoms with E-state index in [1.807, 2.05) is 4.90 Å². The van der Waals surface area contributed by atoms with Crippen LogP contribution >= 0.6 is 0 Å². The van der Waals surface area contributed by atoms with Crippen LogP contribution in [0.25, 0.3) is 0 Å². The zero-order chi connectivity index (χ0) is 43.1. The van der Waals surface area contributed by atoms with Crippen molar-refractivity contribution in [2.75, 3.05) is 13.1 Å². The van der Waals surface area contributed by atoms with E-state index in [9.17, 15) is 19.5 Å². The summed E-state index contributed by atoms with van der Waals surface area (Å²) >= 11 is 0. The van der Waals surface area contributed by atoms with Crippen molar-refractivity contribution in [1.29, 1.82) is 0 Å². The summed E-state index contributed by atoms with van der Waals surface area (Å²) in [6.45, 7) is 8.21. The topological polar surface area (TPSA) is 86.7 Å². The Morgan fingerprint density at radius 2 is 0.627 bits per heavy atom. The largest absolute Gasteiger partial charge is 0.481 e. The average molecular weight is 833 g/mol. The number of hydrogen-bond acceptors (Lipinski definition) is 3. The van der Waals surface area contributed by atoms with Gasteiger partial charge < -0.3 is 15.3 Å². The van der Waals surface area contributed by atoms with Crippen LogP contribution in [-0.2, 0) is 14.4 Å². The second kappa shape index (κ2) is 47.5. The second-order valence-electron chi connectivity index (χ2n) is 18.6. The van der Waals surface area contributed by atoms with E-state index in [0.717, 1.165) is 44.9 Å². The van der Waals surface area contributed by atoms with E-state index in [4.69, 9.17) is 0 Å². The number of carbonyl (C=O) groups is 3. The van der Waals surface area contributed by atoms with Gasteiger partial charge in [-0.15, -0.1) is 0 Å². The Balaban J connectivity index is 4.70. The van der Waals surface area contributed by atoms with Crippen LogP contribution in [0.3, 0.4) is 0 Å². The van der Waals surface area contributed by atoms with Crippen molar-refractivity contribution in [3.63, 3.8) is 0 Å². The van der Waals surface area contributed by atoms with Crippen LogP contribution < -0.4 is 5.32 Å². The first kappa shape index (κ1) is 57.4. The van der Waals surface area contributed by atoms with E-state index in [1.54, 1.807) is 0 Å². The Morgan fingerprint density at radius 1 is 0.373 bits per heavy atom. The van der Waals surface area contributed by atoms with Gasteiger partial charge in [0.25, 0.3) is 0 Å². The SMILES string of the molecule is CCCCCCCCCCCCCCCCCCN(CCCCCCCCCCCCCCCCCC)C(=O)C(CCC(=O)O)NC(=O)CCCCCCCCCCC. The highest BCUT2D eigenvalue weighted by Crippen LogP contribution is 2.17. The van der Waals surface area contributed by atoms with Crippen LogP contribution in [0, 0.1) is 0 Å². The Hall–Kier alpha value is -1.59. The molecule has 0 radical (unpaired) electrons. The number of carbonyl (C=O) groups excluding carboxylic acids is 2. The summed E-state index contributed by atoms with van der Waals surface area (Å²) in [7, 11) is 0. The molecule has 0 heterocycles. The lowest BCUT2D eigenvalue weighted by Gasteiger charge is -2.28. The maximum Gasteiger partial charge on any atom is 0.303 e. The van der Waals surface area contributed by atoms with E-state index in [1.165, 1.54) is 218 Å². The minimum atomic E-state index is -0.918. The molecule has 0 saturated heterocycles. The van der Waals surface area contributed by atoms with Gasteiger partial charge in [-0.2, -0.15) is 0 Å². The molecule has 0 bridgehead atoms. The normalized spacial score (nSPS) is 11.9. The first-order valence-electron chi connectivity index (χ1n) is 26.8. The number of nitrogens with zero attached hydrogens (tertiary/aromatic N) is 1. The van der Waals surface area contributed by atoms with Gasteiger partial charge in [0.05, 0.1) is 0 Å². The highest BCUT2D eigenvalue weighted by molar-refractivity contribution is 5.88. The fraction of sp³-hybridized carbons (Fsp3) is 0.943. The molecule has 0 aromatic heterocycles. The molecule has 59 heavy (non-hydrogen) atoms. The summed E-state index contributed by atoms with van der Waals surface area (Å²) in [5.41, 5.74) is 0. The lowest BCUT2D eigenvalue weighted by atomic mass is 10.0. The first-order chi connectivity index (χ1) is 29.0. The van der Waals surface area contributed by atoms with Gasteiger partial charge in [0, 0.05) is 25.9 Å². The van der Waals surface area contributed by atoms with E-state index in [-0.39, 0.29) is 24.7 Å². The number of amides is 2. The zero-order valence-corrected chi connectivity index (χ0v) is 40.2. The minimum Gasteiger partial charge on any atom is -0.481 e. The second-order valence-corrected chi connectivity index (χ2v) is 18.6. The van der Waals surface area contributed by atoms with Crippen molar-refractivity contribution in [2.45, 2.75) is 309 Å². The Bertz CT molecular complexity index is 859.